The van der Waals surface area contributed by atoms with Gasteiger partial charge in [0.2, 0.25) is 5.76 Å². The van der Waals surface area contributed by atoms with Crippen molar-refractivity contribution in [2.45, 2.75) is 25.3 Å². The van der Waals surface area contributed by atoms with Gasteiger partial charge in [-0.3, -0.25) is 9.89 Å². The smallest absolute Gasteiger partial charge is 0.291 e. The average molecular weight is 246 g/mol. The molecule has 6 heteroatoms. The van der Waals surface area contributed by atoms with E-state index in [4.69, 9.17) is 4.42 Å². The first kappa shape index (κ1) is 11.0. The van der Waals surface area contributed by atoms with Crippen LogP contribution in [0.1, 0.15) is 41.6 Å². The minimum atomic E-state index is -0.105. The van der Waals surface area contributed by atoms with Crippen molar-refractivity contribution in [3.63, 3.8) is 0 Å². The van der Waals surface area contributed by atoms with E-state index in [-0.39, 0.29) is 11.9 Å². The molecule has 18 heavy (non-hydrogen) atoms. The number of nitrogens with one attached hydrogen (secondary N) is 1. The van der Waals surface area contributed by atoms with Crippen LogP contribution in [0.2, 0.25) is 0 Å². The van der Waals surface area contributed by atoms with Crippen molar-refractivity contribution < 1.29 is 9.21 Å². The highest BCUT2D eigenvalue weighted by molar-refractivity contribution is 5.91. The van der Waals surface area contributed by atoms with Crippen LogP contribution in [0.25, 0.3) is 0 Å². The first-order chi connectivity index (χ1) is 8.86. The molecule has 1 fully saturated rings. The number of H-pyrrole nitrogens is 1. The molecule has 0 bridgehead atoms. The van der Waals surface area contributed by atoms with E-state index in [1.165, 1.54) is 12.6 Å². The molecule has 1 amide bonds. The molecule has 1 aliphatic rings. The Labute approximate surface area is 104 Å². The summed E-state index contributed by atoms with van der Waals surface area (Å²) in [6.45, 7) is 0.739. The molecule has 1 unspecified atom stereocenters. The highest BCUT2D eigenvalue weighted by Gasteiger charge is 2.30. The van der Waals surface area contributed by atoms with Gasteiger partial charge in [-0.15, -0.1) is 0 Å². The van der Waals surface area contributed by atoms with Gasteiger partial charge in [0, 0.05) is 12.7 Å². The fraction of sp³-hybridized carbons (Fsp3) is 0.417. The second-order valence-corrected chi connectivity index (χ2v) is 4.39. The second kappa shape index (κ2) is 4.64. The molecule has 0 saturated carbocycles. The lowest BCUT2D eigenvalue weighted by Gasteiger charge is -2.34. The van der Waals surface area contributed by atoms with E-state index in [2.05, 4.69) is 15.2 Å². The van der Waals surface area contributed by atoms with Gasteiger partial charge >= 0.3 is 0 Å². The summed E-state index contributed by atoms with van der Waals surface area (Å²) >= 11 is 0. The molecule has 2 aromatic rings. The van der Waals surface area contributed by atoms with Crippen LogP contribution in [0.5, 0.6) is 0 Å². The number of carbonyl (C=O) groups is 1. The third-order valence-electron chi connectivity index (χ3n) is 3.29. The molecule has 3 rings (SSSR count). The van der Waals surface area contributed by atoms with Gasteiger partial charge in [-0.1, -0.05) is 0 Å². The number of rotatable bonds is 2. The van der Waals surface area contributed by atoms with Crippen LogP contribution in [-0.4, -0.2) is 32.5 Å². The van der Waals surface area contributed by atoms with Crippen LogP contribution in [0.15, 0.2) is 29.3 Å². The van der Waals surface area contributed by atoms with E-state index in [9.17, 15) is 4.79 Å². The van der Waals surface area contributed by atoms with Gasteiger partial charge in [0.25, 0.3) is 5.91 Å². The van der Waals surface area contributed by atoms with Gasteiger partial charge in [0.05, 0.1) is 17.9 Å². The molecule has 0 aromatic carbocycles. The number of hydrogen-bond donors (Lipinski definition) is 1. The Hall–Kier alpha value is -2.11. The lowest BCUT2D eigenvalue weighted by atomic mass is 9.99. The Kier molecular flexibility index (Phi) is 2.84. The molecule has 0 spiro atoms. The van der Waals surface area contributed by atoms with Crippen molar-refractivity contribution in [1.29, 1.82) is 0 Å². The number of aromatic nitrogens is 3. The van der Waals surface area contributed by atoms with Gasteiger partial charge in [-0.2, -0.15) is 5.10 Å². The summed E-state index contributed by atoms with van der Waals surface area (Å²) < 4.78 is 5.09. The highest BCUT2D eigenvalue weighted by atomic mass is 16.3. The van der Waals surface area contributed by atoms with Gasteiger partial charge in [-0.25, -0.2) is 4.98 Å². The van der Waals surface area contributed by atoms with Crippen LogP contribution in [0.3, 0.4) is 0 Å². The highest BCUT2D eigenvalue weighted by Crippen LogP contribution is 2.30. The zero-order valence-corrected chi connectivity index (χ0v) is 9.87. The predicted molar refractivity (Wildman–Crippen MR) is 62.7 cm³/mol. The Morgan fingerprint density at radius 3 is 3.17 bits per heavy atom. The average Bonchev–Trinajstić information content (AvgIpc) is 3.11. The quantitative estimate of drug-likeness (QED) is 0.876. The van der Waals surface area contributed by atoms with Crippen molar-refractivity contribution in [2.75, 3.05) is 6.54 Å². The maximum atomic E-state index is 12.3. The van der Waals surface area contributed by atoms with Crippen LogP contribution in [-0.2, 0) is 0 Å². The Bertz CT molecular complexity index is 506. The van der Waals surface area contributed by atoms with Crippen LogP contribution in [0.4, 0.5) is 0 Å². The summed E-state index contributed by atoms with van der Waals surface area (Å²) in [6.07, 6.45) is 7.53. The third kappa shape index (κ3) is 1.90. The number of hydrogen-bond acceptors (Lipinski definition) is 4. The minimum Gasteiger partial charge on any atom is -0.438 e. The molecule has 1 atom stereocenters. The SMILES string of the molecule is O=C(c1cnco1)N1CCCCC1c1ccn[nH]1. The number of carbonyl (C=O) groups excluding carboxylic acids is 1. The van der Waals surface area contributed by atoms with Gasteiger partial charge in [-0.05, 0) is 25.3 Å². The fourth-order valence-corrected chi connectivity index (χ4v) is 2.41. The lowest BCUT2D eigenvalue weighted by Crippen LogP contribution is -2.38. The topological polar surface area (TPSA) is 75.0 Å². The van der Waals surface area contributed by atoms with Gasteiger partial charge in [0.1, 0.15) is 0 Å². The maximum absolute atomic E-state index is 12.3. The number of oxazole rings is 1. The molecule has 0 radical (unpaired) electrons. The first-order valence-electron chi connectivity index (χ1n) is 6.05. The monoisotopic (exact) mass is 246 g/mol. The van der Waals surface area contributed by atoms with E-state index in [0.29, 0.717) is 5.76 Å². The Balaban J connectivity index is 1.86. The maximum Gasteiger partial charge on any atom is 0.291 e. The van der Waals surface area contributed by atoms with Crippen molar-refractivity contribution in [2.24, 2.45) is 0 Å². The number of amides is 1. The van der Waals surface area contributed by atoms with Crippen molar-refractivity contribution in [3.05, 3.63) is 36.3 Å². The molecule has 0 aliphatic carbocycles. The summed E-state index contributed by atoms with van der Waals surface area (Å²) in [5.41, 5.74) is 0.975. The molecule has 2 aromatic heterocycles. The number of aromatic amines is 1. The molecule has 1 aliphatic heterocycles. The summed E-state index contributed by atoms with van der Waals surface area (Å²) in [7, 11) is 0. The summed E-state index contributed by atoms with van der Waals surface area (Å²) in [5.74, 6) is 0.188. The fourth-order valence-electron chi connectivity index (χ4n) is 2.41. The molecule has 1 saturated heterocycles. The Morgan fingerprint density at radius 2 is 2.44 bits per heavy atom. The predicted octanol–water partition coefficient (Wildman–Crippen LogP) is 1.77. The summed E-state index contributed by atoms with van der Waals surface area (Å²) in [4.78, 5) is 17.9. The van der Waals surface area contributed by atoms with Crippen LogP contribution in [0, 0.1) is 0 Å². The first-order valence-corrected chi connectivity index (χ1v) is 6.05. The third-order valence-corrected chi connectivity index (χ3v) is 3.29. The molecule has 1 N–H and O–H groups in total. The lowest BCUT2D eigenvalue weighted by molar-refractivity contribution is 0.0573. The largest absolute Gasteiger partial charge is 0.438 e. The Morgan fingerprint density at radius 1 is 1.50 bits per heavy atom. The van der Waals surface area contributed by atoms with Gasteiger partial charge < -0.3 is 9.32 Å². The minimum absolute atomic E-state index is 0.0545. The van der Waals surface area contributed by atoms with Crippen LogP contribution >= 0.6 is 0 Å². The van der Waals surface area contributed by atoms with E-state index in [0.717, 1.165) is 31.5 Å². The van der Waals surface area contributed by atoms with Crippen molar-refractivity contribution in [1.82, 2.24) is 20.1 Å². The molecule has 94 valence electrons. The van der Waals surface area contributed by atoms with E-state index in [1.54, 1.807) is 6.20 Å². The molecular formula is C12H14N4O2. The molecule has 6 nitrogen and oxygen atoms in total. The molecule has 3 heterocycles. The van der Waals surface area contributed by atoms with Gasteiger partial charge in [0.15, 0.2) is 6.39 Å². The van der Waals surface area contributed by atoms with E-state index in [1.807, 2.05) is 11.0 Å². The normalized spacial score (nSPS) is 20.0. The number of likely N-dealkylation sites (tertiary alicyclic amines) is 1. The standard InChI is InChI=1S/C12H14N4O2/c17-12(11-7-13-8-18-11)16-6-2-1-3-10(16)9-4-5-14-15-9/h4-5,7-8,10H,1-3,6H2,(H,14,15). The van der Waals surface area contributed by atoms with E-state index < -0.39 is 0 Å². The summed E-state index contributed by atoms with van der Waals surface area (Å²) in [5, 5.41) is 6.90. The zero-order valence-electron chi connectivity index (χ0n) is 9.87. The zero-order chi connectivity index (χ0) is 12.4. The summed E-state index contributed by atoms with van der Waals surface area (Å²) in [6, 6.07) is 1.97. The number of piperidine rings is 1. The van der Waals surface area contributed by atoms with Crippen molar-refractivity contribution >= 4 is 5.91 Å². The van der Waals surface area contributed by atoms with Crippen molar-refractivity contribution in [3.8, 4) is 0 Å². The second-order valence-electron chi connectivity index (χ2n) is 4.39. The van der Waals surface area contributed by atoms with E-state index >= 15 is 0 Å². The number of nitrogens with zero attached hydrogens (tertiary/aromatic N) is 3. The molecular weight excluding hydrogens is 232 g/mol. The van der Waals surface area contributed by atoms with Crippen LogP contribution < -0.4 is 0 Å².